The molecule has 2 aromatic heterocycles. The zero-order valence-electron chi connectivity index (χ0n) is 16.2. The van der Waals surface area contributed by atoms with Crippen LogP contribution in [0.2, 0.25) is 0 Å². The number of carbonyl (C=O) groups is 1. The molecule has 9 heteroatoms. The number of anilines is 1. The largest absolute Gasteiger partial charge is 0.352 e. The fourth-order valence-electron chi connectivity index (χ4n) is 3.35. The van der Waals surface area contributed by atoms with Gasteiger partial charge in [-0.1, -0.05) is 18.2 Å². The van der Waals surface area contributed by atoms with Crippen molar-refractivity contribution in [2.24, 2.45) is 0 Å². The summed E-state index contributed by atoms with van der Waals surface area (Å²) in [6.45, 7) is 2.53. The molecule has 0 N–H and O–H groups in total. The molecule has 0 radical (unpaired) electrons. The maximum absolute atomic E-state index is 12.6. The molecule has 4 rings (SSSR count). The number of non-ortho nitro benzene ring substituents is 1. The third-order valence-corrected chi connectivity index (χ3v) is 5.04. The molecule has 30 heavy (non-hydrogen) atoms. The maximum Gasteiger partial charge on any atom is 0.269 e. The van der Waals surface area contributed by atoms with Crippen molar-refractivity contribution in [3.8, 4) is 11.4 Å². The van der Waals surface area contributed by atoms with Crippen molar-refractivity contribution in [2.45, 2.75) is 6.42 Å². The molecule has 152 valence electrons. The molecule has 1 saturated heterocycles. The lowest BCUT2D eigenvalue weighted by Crippen LogP contribution is -2.49. The van der Waals surface area contributed by atoms with E-state index in [1.807, 2.05) is 35.2 Å². The van der Waals surface area contributed by atoms with Crippen LogP contribution in [-0.4, -0.2) is 57.1 Å². The predicted molar refractivity (Wildman–Crippen MR) is 111 cm³/mol. The molecular formula is C21H20N6O3. The monoisotopic (exact) mass is 404 g/mol. The summed E-state index contributed by atoms with van der Waals surface area (Å²) in [6.07, 6.45) is 1.95. The Morgan fingerprint density at radius 3 is 2.30 bits per heavy atom. The topological polar surface area (TPSA) is 105 Å². The van der Waals surface area contributed by atoms with Crippen molar-refractivity contribution in [1.82, 2.24) is 20.1 Å². The van der Waals surface area contributed by atoms with Gasteiger partial charge in [0.15, 0.2) is 5.82 Å². The standard InChI is InChI=1S/C21H20N6O3/c28-21(15-16-4-6-17(7-5-16)27(29)30)26-13-11-25(12-14-26)20-9-8-19(23-24-20)18-3-1-2-10-22-18/h1-10H,11-15H2. The lowest BCUT2D eigenvalue weighted by molar-refractivity contribution is -0.384. The van der Waals surface area contributed by atoms with Gasteiger partial charge in [-0.25, -0.2) is 0 Å². The number of piperazine rings is 1. The van der Waals surface area contributed by atoms with Crippen molar-refractivity contribution < 1.29 is 9.72 Å². The van der Waals surface area contributed by atoms with Crippen molar-refractivity contribution >= 4 is 17.4 Å². The van der Waals surface area contributed by atoms with E-state index in [1.165, 1.54) is 12.1 Å². The van der Waals surface area contributed by atoms with E-state index in [0.29, 0.717) is 26.2 Å². The van der Waals surface area contributed by atoms with Gasteiger partial charge in [0.05, 0.1) is 17.0 Å². The summed E-state index contributed by atoms with van der Waals surface area (Å²) in [5.41, 5.74) is 2.29. The Balaban J connectivity index is 1.32. The van der Waals surface area contributed by atoms with Gasteiger partial charge in [0.25, 0.3) is 5.69 Å². The van der Waals surface area contributed by atoms with Crippen molar-refractivity contribution in [1.29, 1.82) is 0 Å². The molecule has 0 saturated carbocycles. The third kappa shape index (κ3) is 4.40. The number of nitro groups is 1. The Hall–Kier alpha value is -3.88. The van der Waals surface area contributed by atoms with Crippen LogP contribution in [0, 0.1) is 10.1 Å². The summed E-state index contributed by atoms with van der Waals surface area (Å²) in [7, 11) is 0. The number of hydrogen-bond donors (Lipinski definition) is 0. The summed E-state index contributed by atoms with van der Waals surface area (Å²) in [6, 6.07) is 15.6. The fourth-order valence-corrected chi connectivity index (χ4v) is 3.35. The van der Waals surface area contributed by atoms with Gasteiger partial charge >= 0.3 is 0 Å². The van der Waals surface area contributed by atoms with Crippen LogP contribution < -0.4 is 4.90 Å². The molecular weight excluding hydrogens is 384 g/mol. The Morgan fingerprint density at radius 2 is 1.70 bits per heavy atom. The quantitative estimate of drug-likeness (QED) is 0.475. The molecule has 1 aliphatic rings. The number of hydrogen-bond acceptors (Lipinski definition) is 7. The SMILES string of the molecule is O=C(Cc1ccc([N+](=O)[O-])cc1)N1CCN(c2ccc(-c3ccccn3)nn2)CC1. The molecule has 1 aliphatic heterocycles. The second-order valence-corrected chi connectivity index (χ2v) is 6.96. The van der Waals surface area contributed by atoms with Gasteiger partial charge in [-0.15, -0.1) is 10.2 Å². The van der Waals surface area contributed by atoms with Gasteiger partial charge in [-0.3, -0.25) is 19.9 Å². The first-order valence-corrected chi connectivity index (χ1v) is 9.61. The zero-order valence-corrected chi connectivity index (χ0v) is 16.2. The van der Waals surface area contributed by atoms with Crippen molar-refractivity contribution in [3.63, 3.8) is 0 Å². The molecule has 9 nitrogen and oxygen atoms in total. The molecule has 1 aromatic carbocycles. The van der Waals surface area contributed by atoms with E-state index in [0.717, 1.165) is 22.8 Å². The lowest BCUT2D eigenvalue weighted by Gasteiger charge is -2.35. The molecule has 0 spiro atoms. The Bertz CT molecular complexity index is 1020. The van der Waals surface area contributed by atoms with E-state index in [9.17, 15) is 14.9 Å². The van der Waals surface area contributed by atoms with Crippen LogP contribution in [0.15, 0.2) is 60.8 Å². The number of aromatic nitrogens is 3. The molecule has 1 fully saturated rings. The number of benzene rings is 1. The highest BCUT2D eigenvalue weighted by molar-refractivity contribution is 5.79. The molecule has 1 amide bonds. The highest BCUT2D eigenvalue weighted by Gasteiger charge is 2.22. The molecule has 0 aliphatic carbocycles. The van der Waals surface area contributed by atoms with Crippen LogP contribution in [0.25, 0.3) is 11.4 Å². The van der Waals surface area contributed by atoms with Gasteiger partial charge in [-0.05, 0) is 29.8 Å². The zero-order chi connectivity index (χ0) is 20.9. The van der Waals surface area contributed by atoms with Gasteiger partial charge in [0.2, 0.25) is 5.91 Å². The first kappa shape index (κ1) is 19.4. The van der Waals surface area contributed by atoms with Crippen LogP contribution in [-0.2, 0) is 11.2 Å². The average Bonchev–Trinajstić information content (AvgIpc) is 2.80. The Labute approximate surface area is 173 Å². The van der Waals surface area contributed by atoms with Crippen LogP contribution >= 0.6 is 0 Å². The Morgan fingerprint density at radius 1 is 0.933 bits per heavy atom. The number of amides is 1. The second kappa shape index (κ2) is 8.64. The number of nitrogens with zero attached hydrogens (tertiary/aromatic N) is 6. The summed E-state index contributed by atoms with van der Waals surface area (Å²) >= 11 is 0. The number of pyridine rings is 1. The number of rotatable bonds is 5. The third-order valence-electron chi connectivity index (χ3n) is 5.04. The van der Waals surface area contributed by atoms with E-state index in [2.05, 4.69) is 20.1 Å². The minimum atomic E-state index is -0.448. The first-order chi connectivity index (χ1) is 14.6. The smallest absolute Gasteiger partial charge is 0.269 e. The molecule has 0 atom stereocenters. The molecule has 0 unspecified atom stereocenters. The van der Waals surface area contributed by atoms with Crippen LogP contribution in [0.5, 0.6) is 0 Å². The van der Waals surface area contributed by atoms with Gasteiger partial charge < -0.3 is 9.80 Å². The molecule has 3 heterocycles. The van der Waals surface area contributed by atoms with Crippen LogP contribution in [0.3, 0.4) is 0 Å². The lowest BCUT2D eigenvalue weighted by atomic mass is 10.1. The van der Waals surface area contributed by atoms with Gasteiger partial charge in [-0.2, -0.15) is 0 Å². The summed E-state index contributed by atoms with van der Waals surface area (Å²) in [5, 5.41) is 19.3. The van der Waals surface area contributed by atoms with E-state index < -0.39 is 4.92 Å². The van der Waals surface area contributed by atoms with E-state index in [-0.39, 0.29) is 18.0 Å². The highest BCUT2D eigenvalue weighted by Crippen LogP contribution is 2.18. The van der Waals surface area contributed by atoms with Crippen LogP contribution in [0.4, 0.5) is 11.5 Å². The predicted octanol–water partition coefficient (Wildman–Crippen LogP) is 2.34. The maximum atomic E-state index is 12.6. The molecule has 0 bridgehead atoms. The summed E-state index contributed by atoms with van der Waals surface area (Å²) in [5.74, 6) is 0.789. The van der Waals surface area contributed by atoms with E-state index >= 15 is 0 Å². The minimum Gasteiger partial charge on any atom is -0.352 e. The number of carbonyl (C=O) groups excluding carboxylic acids is 1. The van der Waals surface area contributed by atoms with Gasteiger partial charge in [0, 0.05) is 44.5 Å². The fraction of sp³-hybridized carbons (Fsp3) is 0.238. The first-order valence-electron chi connectivity index (χ1n) is 9.61. The average molecular weight is 404 g/mol. The summed E-state index contributed by atoms with van der Waals surface area (Å²) in [4.78, 5) is 31.0. The normalized spacial score (nSPS) is 13.9. The van der Waals surface area contributed by atoms with Crippen LogP contribution in [0.1, 0.15) is 5.56 Å². The van der Waals surface area contributed by atoms with Crippen molar-refractivity contribution in [3.05, 3.63) is 76.5 Å². The summed E-state index contributed by atoms with van der Waals surface area (Å²) < 4.78 is 0. The highest BCUT2D eigenvalue weighted by atomic mass is 16.6. The minimum absolute atomic E-state index is 0.0140. The molecule has 3 aromatic rings. The van der Waals surface area contributed by atoms with Gasteiger partial charge in [0.1, 0.15) is 5.69 Å². The van der Waals surface area contributed by atoms with E-state index in [4.69, 9.17) is 0 Å². The van der Waals surface area contributed by atoms with Crippen molar-refractivity contribution in [2.75, 3.05) is 31.1 Å². The second-order valence-electron chi connectivity index (χ2n) is 6.96. The number of nitro benzene ring substituents is 1. The van der Waals surface area contributed by atoms with E-state index in [1.54, 1.807) is 18.3 Å². The Kier molecular flexibility index (Phi) is 5.60.